The summed E-state index contributed by atoms with van der Waals surface area (Å²) in [6.07, 6.45) is 1.07. The molecular formula is C33H25FN4O6S. The molecule has 0 aliphatic carbocycles. The van der Waals surface area contributed by atoms with Crippen molar-refractivity contribution < 1.29 is 31.2 Å². The molecule has 0 aliphatic rings. The quantitative estimate of drug-likeness (QED) is 0.197. The number of nitrogens with two attached hydrogens (primary N) is 1. The summed E-state index contributed by atoms with van der Waals surface area (Å²) >= 11 is 0. The second kappa shape index (κ2) is 11.2. The number of hydrogen-bond acceptors (Lipinski definition) is 9. The van der Waals surface area contributed by atoms with E-state index in [0.717, 1.165) is 10.6 Å². The van der Waals surface area contributed by atoms with E-state index in [1.54, 1.807) is 42.5 Å². The summed E-state index contributed by atoms with van der Waals surface area (Å²) in [5.41, 5.74) is 9.47. The fourth-order valence-corrected chi connectivity index (χ4v) is 5.69. The van der Waals surface area contributed by atoms with Gasteiger partial charge in [-0.1, -0.05) is 12.1 Å². The number of rotatable bonds is 8. The molecule has 6 aromatic rings. The number of aromatic nitrogens is 1. The molecule has 6 rings (SSSR count). The number of ether oxygens (including phenoxy) is 1. The second-order valence-electron chi connectivity index (χ2n) is 10.2. The molecule has 0 aliphatic heterocycles. The number of nitriles is 1. The van der Waals surface area contributed by atoms with Crippen LogP contribution in [-0.4, -0.2) is 46.1 Å². The molecule has 2 N–H and O–H groups in total. The van der Waals surface area contributed by atoms with Gasteiger partial charge in [-0.25, -0.2) is 17.8 Å². The van der Waals surface area contributed by atoms with Gasteiger partial charge in [0, 0.05) is 29.6 Å². The molecule has 12 heteroatoms. The number of nitrogens with zero attached hydrogens (tertiary/aromatic N) is 3. The first-order chi connectivity index (χ1) is 21.5. The summed E-state index contributed by atoms with van der Waals surface area (Å²) in [5.74, 6) is -0.0894. The summed E-state index contributed by atoms with van der Waals surface area (Å²) < 4.78 is 58.2. The van der Waals surface area contributed by atoms with Gasteiger partial charge in [0.1, 0.15) is 34.5 Å². The number of ketones is 1. The summed E-state index contributed by atoms with van der Waals surface area (Å²) in [6, 6.07) is 20.9. The van der Waals surface area contributed by atoms with Crippen LogP contribution >= 0.6 is 0 Å². The van der Waals surface area contributed by atoms with Crippen molar-refractivity contribution in [2.75, 3.05) is 31.3 Å². The molecule has 0 saturated heterocycles. The van der Waals surface area contributed by atoms with Gasteiger partial charge in [0.25, 0.3) is 0 Å². The van der Waals surface area contributed by atoms with Crippen LogP contribution < -0.4 is 14.8 Å². The zero-order valence-corrected chi connectivity index (χ0v) is 25.1. The Labute approximate surface area is 257 Å². The number of benzene rings is 4. The van der Waals surface area contributed by atoms with Crippen LogP contribution in [0.1, 0.15) is 15.9 Å². The first-order valence-corrected chi connectivity index (χ1v) is 15.4. The van der Waals surface area contributed by atoms with Crippen LogP contribution in [0.4, 0.5) is 10.1 Å². The number of para-hydroxylation sites is 1. The maximum Gasteiger partial charge on any atom is 0.232 e. The van der Waals surface area contributed by atoms with Crippen molar-refractivity contribution >= 4 is 43.6 Å². The minimum atomic E-state index is -3.76. The first-order valence-electron chi connectivity index (χ1n) is 13.6. The molecule has 0 bridgehead atoms. The van der Waals surface area contributed by atoms with E-state index in [2.05, 4.69) is 11.1 Å². The maximum atomic E-state index is 13.7. The van der Waals surface area contributed by atoms with E-state index in [1.165, 1.54) is 44.5 Å². The van der Waals surface area contributed by atoms with Crippen molar-refractivity contribution in [1.29, 1.82) is 5.26 Å². The average Bonchev–Trinajstić information content (AvgIpc) is 3.64. The monoisotopic (exact) mass is 624 g/mol. The van der Waals surface area contributed by atoms with Crippen LogP contribution in [0, 0.1) is 17.1 Å². The largest absolute Gasteiger partial charge is 0.496 e. The number of hydrogen-bond donors (Lipinski definition) is 1. The first kappa shape index (κ1) is 29.6. The lowest BCUT2D eigenvalue weighted by Crippen LogP contribution is -2.25. The van der Waals surface area contributed by atoms with Crippen molar-refractivity contribution in [3.8, 4) is 45.7 Å². The van der Waals surface area contributed by atoms with Crippen molar-refractivity contribution in [2.45, 2.75) is 0 Å². The molecule has 10 nitrogen and oxygen atoms in total. The Balaban J connectivity index is 1.64. The SMILES string of the molecule is COc1ccc(-c2cc3c(C(=O)CN)c(-c4ccc(F)cc4)oc3cc2N(C)S(C)(=O)=O)cc1-c1nc2c(C#N)cccc2o1. The van der Waals surface area contributed by atoms with Crippen LogP contribution in [0.15, 0.2) is 81.6 Å². The Bertz CT molecular complexity index is 2280. The summed E-state index contributed by atoms with van der Waals surface area (Å²) in [6.45, 7) is -0.321. The van der Waals surface area contributed by atoms with Gasteiger partial charge < -0.3 is 19.3 Å². The lowest BCUT2D eigenvalue weighted by molar-refractivity contribution is 0.100. The van der Waals surface area contributed by atoms with Gasteiger partial charge in [-0.3, -0.25) is 9.10 Å². The van der Waals surface area contributed by atoms with E-state index in [0.29, 0.717) is 50.1 Å². The summed E-state index contributed by atoms with van der Waals surface area (Å²) in [4.78, 5) is 17.8. The Morgan fingerprint density at radius 2 is 1.76 bits per heavy atom. The molecule has 0 amide bonds. The standard InChI is InChI=1S/C33H25FN4O6S/c1-38(45(3,40)41)25-15-29-23(30(26(39)17-36)32(43-29)18-7-10-21(34)11-8-18)14-22(25)19-9-12-27(42-2)24(13-19)33-37-31-20(16-35)5-4-6-28(31)44-33/h4-15H,17,36H2,1-3H3. The normalized spacial score (nSPS) is 11.6. The molecule has 0 fully saturated rings. The van der Waals surface area contributed by atoms with E-state index in [9.17, 15) is 22.9 Å². The molecule has 0 saturated carbocycles. The minimum Gasteiger partial charge on any atom is -0.496 e. The number of halogens is 1. The Hall–Kier alpha value is -5.51. The summed E-state index contributed by atoms with van der Waals surface area (Å²) in [7, 11) is -0.862. The zero-order valence-electron chi connectivity index (χ0n) is 24.3. The highest BCUT2D eigenvalue weighted by Crippen LogP contribution is 2.43. The highest BCUT2D eigenvalue weighted by atomic mass is 32.2. The van der Waals surface area contributed by atoms with Crippen molar-refractivity contribution in [1.82, 2.24) is 4.98 Å². The molecule has 2 aromatic heterocycles. The highest BCUT2D eigenvalue weighted by Gasteiger charge is 2.26. The number of anilines is 1. The van der Waals surface area contributed by atoms with E-state index in [4.69, 9.17) is 19.3 Å². The number of methoxy groups -OCH3 is 1. The molecule has 2 heterocycles. The number of furan rings is 1. The number of fused-ring (bicyclic) bond motifs is 2. The van der Waals surface area contributed by atoms with Gasteiger partial charge in [0.05, 0.1) is 42.3 Å². The number of sulfonamides is 1. The third-order valence-corrected chi connectivity index (χ3v) is 8.69. The van der Waals surface area contributed by atoms with Gasteiger partial charge in [0.2, 0.25) is 15.9 Å². The number of oxazole rings is 1. The average molecular weight is 625 g/mol. The molecule has 0 radical (unpaired) electrons. The lowest BCUT2D eigenvalue weighted by Gasteiger charge is -2.21. The third-order valence-electron chi connectivity index (χ3n) is 7.49. The molecule has 0 atom stereocenters. The van der Waals surface area contributed by atoms with Gasteiger partial charge in [-0.2, -0.15) is 5.26 Å². The minimum absolute atomic E-state index is 0.181. The molecule has 0 spiro atoms. The highest BCUT2D eigenvalue weighted by molar-refractivity contribution is 7.92. The van der Waals surface area contributed by atoms with Crippen LogP contribution in [0.2, 0.25) is 0 Å². The predicted octanol–water partition coefficient (Wildman–Crippen LogP) is 6.13. The fraction of sp³-hybridized carbons (Fsp3) is 0.121. The third kappa shape index (κ3) is 5.18. The molecule has 0 unspecified atom stereocenters. The van der Waals surface area contributed by atoms with Crippen LogP contribution in [0.25, 0.3) is 56.0 Å². The van der Waals surface area contributed by atoms with E-state index >= 15 is 0 Å². The summed E-state index contributed by atoms with van der Waals surface area (Å²) in [5, 5.41) is 9.94. The molecule has 4 aromatic carbocycles. The van der Waals surface area contributed by atoms with Gasteiger partial charge in [-0.05, 0) is 60.2 Å². The Kier molecular flexibility index (Phi) is 7.36. The van der Waals surface area contributed by atoms with Crippen LogP contribution in [0.3, 0.4) is 0 Å². The number of carbonyl (C=O) groups excluding carboxylic acids is 1. The predicted molar refractivity (Wildman–Crippen MR) is 168 cm³/mol. The number of carbonyl (C=O) groups is 1. The van der Waals surface area contributed by atoms with Crippen molar-refractivity contribution in [3.05, 3.63) is 89.7 Å². The molecule has 226 valence electrons. The fourth-order valence-electron chi connectivity index (χ4n) is 5.18. The van der Waals surface area contributed by atoms with Crippen molar-refractivity contribution in [3.63, 3.8) is 0 Å². The molecular weight excluding hydrogens is 599 g/mol. The topological polar surface area (TPSA) is 153 Å². The van der Waals surface area contributed by atoms with E-state index in [1.807, 2.05) is 0 Å². The van der Waals surface area contributed by atoms with Gasteiger partial charge in [0.15, 0.2) is 11.4 Å². The van der Waals surface area contributed by atoms with Gasteiger partial charge >= 0.3 is 0 Å². The van der Waals surface area contributed by atoms with Gasteiger partial charge in [-0.15, -0.1) is 0 Å². The second-order valence-corrected chi connectivity index (χ2v) is 12.2. The smallest absolute Gasteiger partial charge is 0.232 e. The maximum absolute atomic E-state index is 13.7. The van der Waals surface area contributed by atoms with E-state index in [-0.39, 0.29) is 35.0 Å². The lowest BCUT2D eigenvalue weighted by atomic mass is 9.96. The van der Waals surface area contributed by atoms with Crippen LogP contribution in [-0.2, 0) is 10.0 Å². The Morgan fingerprint density at radius 3 is 2.42 bits per heavy atom. The Morgan fingerprint density at radius 1 is 1.02 bits per heavy atom. The van der Waals surface area contributed by atoms with E-state index < -0.39 is 21.6 Å². The van der Waals surface area contributed by atoms with Crippen LogP contribution in [0.5, 0.6) is 5.75 Å². The molecule has 45 heavy (non-hydrogen) atoms. The van der Waals surface area contributed by atoms with Crippen molar-refractivity contribution in [2.24, 2.45) is 5.73 Å². The zero-order chi connectivity index (χ0) is 32.0. The number of Topliss-reactive ketones (excluding diaryl/α,β-unsaturated/α-hetero) is 1.